The van der Waals surface area contributed by atoms with E-state index in [1.165, 1.54) is 43.3 Å². The van der Waals surface area contributed by atoms with Gasteiger partial charge >= 0.3 is 0 Å². The number of fused-ring (bicyclic) bond motifs is 2. The molecule has 172 valence electrons. The molecule has 1 amide bonds. The van der Waals surface area contributed by atoms with Crippen molar-refractivity contribution in [1.82, 2.24) is 15.2 Å². The Balaban J connectivity index is 1.42. The molecule has 3 aromatic carbocycles. The van der Waals surface area contributed by atoms with Gasteiger partial charge in [0.15, 0.2) is 0 Å². The fourth-order valence-corrected chi connectivity index (χ4v) is 5.43. The lowest BCUT2D eigenvalue weighted by atomic mass is 9.93. The van der Waals surface area contributed by atoms with E-state index in [9.17, 15) is 4.79 Å². The number of carbonyl (C=O) groups excluding carboxylic acids is 1. The molecule has 6 rings (SSSR count). The molecule has 5 nitrogen and oxygen atoms in total. The molecule has 34 heavy (non-hydrogen) atoms. The van der Waals surface area contributed by atoms with Gasteiger partial charge in [0.2, 0.25) is 0 Å². The van der Waals surface area contributed by atoms with E-state index in [1.54, 1.807) is 7.11 Å². The van der Waals surface area contributed by atoms with E-state index in [2.05, 4.69) is 57.7 Å². The van der Waals surface area contributed by atoms with Crippen LogP contribution < -0.4 is 10.1 Å². The van der Waals surface area contributed by atoms with Crippen LogP contribution in [-0.4, -0.2) is 36.0 Å². The van der Waals surface area contributed by atoms with E-state index < -0.39 is 0 Å². The number of H-pyrrole nitrogens is 1. The third-order valence-electron chi connectivity index (χ3n) is 7.13. The number of methoxy groups -OCH3 is 1. The fourth-order valence-electron chi connectivity index (χ4n) is 5.43. The van der Waals surface area contributed by atoms with Gasteiger partial charge in [0.25, 0.3) is 5.91 Å². The molecule has 0 saturated carbocycles. The van der Waals surface area contributed by atoms with Crippen LogP contribution in [0.1, 0.15) is 40.7 Å². The van der Waals surface area contributed by atoms with Crippen LogP contribution in [0.4, 0.5) is 0 Å². The number of aromatic nitrogens is 1. The monoisotopic (exact) mass is 451 g/mol. The number of hydrogen-bond donors (Lipinski definition) is 2. The zero-order valence-corrected chi connectivity index (χ0v) is 19.5. The summed E-state index contributed by atoms with van der Waals surface area (Å²) in [5.41, 5.74) is 8.18. The first-order valence-electron chi connectivity index (χ1n) is 12.1. The molecular weight excluding hydrogens is 422 g/mol. The van der Waals surface area contributed by atoms with Crippen molar-refractivity contribution in [3.8, 4) is 28.1 Å². The first-order chi connectivity index (χ1) is 16.7. The Bertz CT molecular complexity index is 1380. The molecule has 0 atom stereocenters. The van der Waals surface area contributed by atoms with Gasteiger partial charge in [0.1, 0.15) is 5.75 Å². The standard InChI is InChI=1S/C29H29N3O2/c1-34-27-8-4-3-7-23(27)20-14-22-17-30-29(33)28(22)24(15-20)26-16-21-13-19(9-10-25(21)31-26)18-32-11-5-2-6-12-32/h3-4,7-10,13-16,31H,2,5-6,11-12,17-18H2,1H3,(H,30,33). The van der Waals surface area contributed by atoms with Crippen LogP contribution in [0.3, 0.4) is 0 Å². The Kier molecular flexibility index (Phi) is 5.34. The van der Waals surface area contributed by atoms with Crippen LogP contribution in [-0.2, 0) is 13.1 Å². The molecule has 1 fully saturated rings. The van der Waals surface area contributed by atoms with Crippen molar-refractivity contribution in [3.05, 3.63) is 77.4 Å². The zero-order chi connectivity index (χ0) is 23.1. The smallest absolute Gasteiger partial charge is 0.252 e. The SMILES string of the molecule is COc1ccccc1-c1cc2c(c(-c3cc4cc(CN5CCCCC5)ccc4[nH]3)c1)C(=O)NC2. The number of para-hydroxylation sites is 1. The van der Waals surface area contributed by atoms with Gasteiger partial charge in [-0.15, -0.1) is 0 Å². The van der Waals surface area contributed by atoms with Crippen LogP contribution in [0.25, 0.3) is 33.3 Å². The maximum absolute atomic E-state index is 12.8. The van der Waals surface area contributed by atoms with Crippen LogP contribution >= 0.6 is 0 Å². The van der Waals surface area contributed by atoms with Gasteiger partial charge in [-0.05, 0) is 79.0 Å². The number of nitrogens with zero attached hydrogens (tertiary/aromatic N) is 1. The Morgan fingerprint density at radius 1 is 0.941 bits per heavy atom. The van der Waals surface area contributed by atoms with Gasteiger partial charge in [-0.3, -0.25) is 9.69 Å². The molecule has 5 heteroatoms. The first-order valence-corrected chi connectivity index (χ1v) is 12.1. The molecule has 1 saturated heterocycles. The molecule has 2 N–H and O–H groups in total. The van der Waals surface area contributed by atoms with Crippen molar-refractivity contribution in [3.63, 3.8) is 0 Å². The van der Waals surface area contributed by atoms with Gasteiger partial charge in [0.05, 0.1) is 12.7 Å². The van der Waals surface area contributed by atoms with Crippen LogP contribution in [0, 0.1) is 0 Å². The molecule has 0 aliphatic carbocycles. The highest BCUT2D eigenvalue weighted by molar-refractivity contribution is 6.06. The second kappa shape index (κ2) is 8.65. The number of rotatable bonds is 5. The molecule has 0 unspecified atom stereocenters. The molecule has 3 heterocycles. The molecule has 4 aromatic rings. The quantitative estimate of drug-likeness (QED) is 0.407. The van der Waals surface area contributed by atoms with Crippen molar-refractivity contribution in [2.75, 3.05) is 20.2 Å². The minimum Gasteiger partial charge on any atom is -0.496 e. The van der Waals surface area contributed by atoms with Crippen LogP contribution in [0.2, 0.25) is 0 Å². The van der Waals surface area contributed by atoms with E-state index in [0.717, 1.165) is 51.3 Å². The highest BCUT2D eigenvalue weighted by Crippen LogP contribution is 2.38. The largest absolute Gasteiger partial charge is 0.496 e. The maximum Gasteiger partial charge on any atom is 0.252 e. The number of aromatic amines is 1. The van der Waals surface area contributed by atoms with Gasteiger partial charge in [-0.1, -0.05) is 30.7 Å². The van der Waals surface area contributed by atoms with Gasteiger partial charge in [0, 0.05) is 40.8 Å². The first kappa shape index (κ1) is 21.0. The second-order valence-electron chi connectivity index (χ2n) is 9.38. The lowest BCUT2D eigenvalue weighted by molar-refractivity contribution is 0.0966. The lowest BCUT2D eigenvalue weighted by Crippen LogP contribution is -2.28. The topological polar surface area (TPSA) is 57.4 Å². The van der Waals surface area contributed by atoms with E-state index in [-0.39, 0.29) is 5.91 Å². The summed E-state index contributed by atoms with van der Waals surface area (Å²) in [7, 11) is 1.69. The summed E-state index contributed by atoms with van der Waals surface area (Å²) in [6.45, 7) is 3.92. The highest BCUT2D eigenvalue weighted by atomic mass is 16.5. The number of carbonyl (C=O) groups is 1. The lowest BCUT2D eigenvalue weighted by Gasteiger charge is -2.26. The summed E-state index contributed by atoms with van der Waals surface area (Å²) in [6, 6.07) is 21.1. The minimum atomic E-state index is -0.0129. The third-order valence-corrected chi connectivity index (χ3v) is 7.13. The van der Waals surface area contributed by atoms with E-state index in [1.807, 2.05) is 18.2 Å². The van der Waals surface area contributed by atoms with Gasteiger partial charge in [-0.25, -0.2) is 0 Å². The van der Waals surface area contributed by atoms with Crippen LogP contribution in [0.15, 0.2) is 60.7 Å². The van der Waals surface area contributed by atoms with Gasteiger partial charge < -0.3 is 15.0 Å². The number of benzene rings is 3. The molecule has 0 radical (unpaired) electrons. The summed E-state index contributed by atoms with van der Waals surface area (Å²) in [4.78, 5) is 18.9. The Hall–Kier alpha value is -3.57. The Morgan fingerprint density at radius 2 is 1.79 bits per heavy atom. The predicted octanol–water partition coefficient (Wildman–Crippen LogP) is 5.74. The average molecular weight is 452 g/mol. The second-order valence-corrected chi connectivity index (χ2v) is 9.38. The molecule has 1 aromatic heterocycles. The zero-order valence-electron chi connectivity index (χ0n) is 19.5. The minimum absolute atomic E-state index is 0.0129. The van der Waals surface area contributed by atoms with Crippen molar-refractivity contribution in [2.45, 2.75) is 32.4 Å². The number of likely N-dealkylation sites (tertiary alicyclic amines) is 1. The van der Waals surface area contributed by atoms with Crippen molar-refractivity contribution in [2.24, 2.45) is 0 Å². The van der Waals surface area contributed by atoms with Gasteiger partial charge in [-0.2, -0.15) is 0 Å². The highest BCUT2D eigenvalue weighted by Gasteiger charge is 2.26. The fraction of sp³-hybridized carbons (Fsp3) is 0.276. The number of amides is 1. The molecule has 0 spiro atoms. The summed E-state index contributed by atoms with van der Waals surface area (Å²) in [5, 5.41) is 4.18. The summed E-state index contributed by atoms with van der Waals surface area (Å²) >= 11 is 0. The Morgan fingerprint density at radius 3 is 2.65 bits per heavy atom. The number of ether oxygens (including phenoxy) is 1. The molecule has 0 bridgehead atoms. The summed E-state index contributed by atoms with van der Waals surface area (Å²) < 4.78 is 5.61. The predicted molar refractivity (Wildman–Crippen MR) is 136 cm³/mol. The van der Waals surface area contributed by atoms with Crippen molar-refractivity contribution in [1.29, 1.82) is 0 Å². The number of nitrogens with one attached hydrogen (secondary N) is 2. The third kappa shape index (κ3) is 3.76. The summed E-state index contributed by atoms with van der Waals surface area (Å²) in [5.74, 6) is 0.811. The maximum atomic E-state index is 12.8. The molecular formula is C29H29N3O2. The van der Waals surface area contributed by atoms with Crippen LogP contribution in [0.5, 0.6) is 5.75 Å². The average Bonchev–Trinajstić information content (AvgIpc) is 3.47. The number of hydrogen-bond acceptors (Lipinski definition) is 3. The van der Waals surface area contributed by atoms with E-state index in [4.69, 9.17) is 4.74 Å². The number of piperidine rings is 1. The normalized spacial score (nSPS) is 16.0. The van der Waals surface area contributed by atoms with E-state index in [0.29, 0.717) is 6.54 Å². The van der Waals surface area contributed by atoms with Crippen molar-refractivity contribution >= 4 is 16.8 Å². The Labute approximate surface area is 199 Å². The van der Waals surface area contributed by atoms with Crippen molar-refractivity contribution < 1.29 is 9.53 Å². The van der Waals surface area contributed by atoms with E-state index >= 15 is 0 Å². The molecule has 2 aliphatic rings. The summed E-state index contributed by atoms with van der Waals surface area (Å²) in [6.07, 6.45) is 3.95. The molecule has 2 aliphatic heterocycles.